The summed E-state index contributed by atoms with van der Waals surface area (Å²) in [6, 6.07) is 8.69. The molecule has 1 aromatic carbocycles. The van der Waals surface area contributed by atoms with E-state index in [1.165, 1.54) is 5.56 Å². The maximum Gasteiger partial charge on any atom is 0.119 e. The number of hydrogen-bond donors (Lipinski definition) is 1. The van der Waals surface area contributed by atoms with Gasteiger partial charge in [0.05, 0.1) is 7.11 Å². The Hall–Kier alpha value is -1.06. The van der Waals surface area contributed by atoms with Crippen LogP contribution in [0.5, 0.6) is 5.75 Å². The minimum atomic E-state index is 0.155. The lowest BCUT2D eigenvalue weighted by molar-refractivity contribution is 0.0440. The molecule has 1 atom stereocenters. The zero-order valence-electron chi connectivity index (χ0n) is 12.0. The summed E-state index contributed by atoms with van der Waals surface area (Å²) >= 11 is 0. The summed E-state index contributed by atoms with van der Waals surface area (Å²) in [5, 5.41) is 0. The maximum atomic E-state index is 6.22. The predicted molar refractivity (Wildman–Crippen MR) is 77.6 cm³/mol. The number of nitrogens with two attached hydrogens (primary N) is 1. The van der Waals surface area contributed by atoms with E-state index in [1.807, 2.05) is 6.07 Å². The molecule has 0 radical (unpaired) electrons. The maximum absolute atomic E-state index is 6.22. The summed E-state index contributed by atoms with van der Waals surface area (Å²) in [6.45, 7) is 3.81. The SMILES string of the molecule is CCC(N)CC1(c2cccc(OC)c2)CCOCC1. The standard InChI is InChI=1S/C16H25NO2/c1-3-14(17)12-16(7-9-19-10-8-16)13-5-4-6-15(11-13)18-2/h4-6,11,14H,3,7-10,12,17H2,1-2H3. The topological polar surface area (TPSA) is 44.5 Å². The van der Waals surface area contributed by atoms with Crippen molar-refractivity contribution < 1.29 is 9.47 Å². The van der Waals surface area contributed by atoms with E-state index in [4.69, 9.17) is 15.2 Å². The van der Waals surface area contributed by atoms with Gasteiger partial charge in [0.15, 0.2) is 0 Å². The molecule has 0 aliphatic carbocycles. The first-order valence-electron chi connectivity index (χ1n) is 7.18. The van der Waals surface area contributed by atoms with Gasteiger partial charge in [-0.15, -0.1) is 0 Å². The Morgan fingerprint density at radius 3 is 2.74 bits per heavy atom. The van der Waals surface area contributed by atoms with E-state index < -0.39 is 0 Å². The summed E-state index contributed by atoms with van der Waals surface area (Å²) < 4.78 is 10.9. The van der Waals surface area contributed by atoms with E-state index in [-0.39, 0.29) is 11.5 Å². The van der Waals surface area contributed by atoms with Crippen LogP contribution in [0, 0.1) is 0 Å². The lowest BCUT2D eigenvalue weighted by Crippen LogP contribution is -2.39. The third-order valence-electron chi connectivity index (χ3n) is 4.31. The molecule has 1 aromatic rings. The van der Waals surface area contributed by atoms with E-state index in [1.54, 1.807) is 7.11 Å². The van der Waals surface area contributed by atoms with Crippen molar-refractivity contribution in [3.8, 4) is 5.75 Å². The Morgan fingerprint density at radius 1 is 1.37 bits per heavy atom. The minimum absolute atomic E-state index is 0.155. The van der Waals surface area contributed by atoms with Crippen LogP contribution < -0.4 is 10.5 Å². The highest BCUT2D eigenvalue weighted by Gasteiger charge is 2.35. The number of rotatable bonds is 5. The molecule has 1 heterocycles. The van der Waals surface area contributed by atoms with Crippen molar-refractivity contribution in [3.05, 3.63) is 29.8 Å². The van der Waals surface area contributed by atoms with E-state index in [0.717, 1.165) is 44.6 Å². The van der Waals surface area contributed by atoms with Gasteiger partial charge in [-0.1, -0.05) is 19.1 Å². The first kappa shape index (κ1) is 14.4. The van der Waals surface area contributed by atoms with E-state index in [9.17, 15) is 0 Å². The van der Waals surface area contributed by atoms with Crippen molar-refractivity contribution >= 4 is 0 Å². The van der Waals surface area contributed by atoms with Crippen LogP contribution in [0.25, 0.3) is 0 Å². The number of benzene rings is 1. The first-order chi connectivity index (χ1) is 9.20. The molecule has 1 unspecified atom stereocenters. The number of hydrogen-bond acceptors (Lipinski definition) is 3. The van der Waals surface area contributed by atoms with Crippen molar-refractivity contribution in [2.45, 2.75) is 44.1 Å². The molecule has 2 rings (SSSR count). The van der Waals surface area contributed by atoms with Crippen LogP contribution in [0.3, 0.4) is 0 Å². The monoisotopic (exact) mass is 263 g/mol. The van der Waals surface area contributed by atoms with Crippen LogP contribution in [0.2, 0.25) is 0 Å². The van der Waals surface area contributed by atoms with Crippen molar-refractivity contribution in [3.63, 3.8) is 0 Å². The molecule has 106 valence electrons. The Balaban J connectivity index is 2.29. The summed E-state index contributed by atoms with van der Waals surface area (Å²) in [5.41, 5.74) is 7.73. The van der Waals surface area contributed by atoms with E-state index in [0.29, 0.717) is 0 Å². The van der Waals surface area contributed by atoms with Crippen molar-refractivity contribution in [2.24, 2.45) is 5.73 Å². The molecule has 1 fully saturated rings. The zero-order chi connectivity index (χ0) is 13.7. The van der Waals surface area contributed by atoms with Crippen LogP contribution in [-0.2, 0) is 10.2 Å². The molecule has 0 spiro atoms. The van der Waals surface area contributed by atoms with Crippen molar-refractivity contribution in [1.29, 1.82) is 0 Å². The van der Waals surface area contributed by atoms with Crippen LogP contribution in [-0.4, -0.2) is 26.4 Å². The molecule has 0 saturated carbocycles. The van der Waals surface area contributed by atoms with Crippen LogP contribution in [0.1, 0.15) is 38.2 Å². The summed E-state index contributed by atoms with van der Waals surface area (Å²) in [7, 11) is 1.72. The number of methoxy groups -OCH3 is 1. The Kier molecular flexibility index (Phi) is 4.83. The Bertz CT molecular complexity index is 399. The van der Waals surface area contributed by atoms with Gasteiger partial charge in [0.25, 0.3) is 0 Å². The molecule has 1 saturated heterocycles. The van der Waals surface area contributed by atoms with Gasteiger partial charge in [-0.25, -0.2) is 0 Å². The molecule has 2 N–H and O–H groups in total. The van der Waals surface area contributed by atoms with Crippen LogP contribution in [0.15, 0.2) is 24.3 Å². The van der Waals surface area contributed by atoms with Crippen molar-refractivity contribution in [1.82, 2.24) is 0 Å². The van der Waals surface area contributed by atoms with Gasteiger partial charge < -0.3 is 15.2 Å². The molecule has 0 amide bonds. The second kappa shape index (κ2) is 6.40. The molecular formula is C16H25NO2. The smallest absolute Gasteiger partial charge is 0.119 e. The quantitative estimate of drug-likeness (QED) is 0.888. The third kappa shape index (κ3) is 3.28. The molecule has 3 nitrogen and oxygen atoms in total. The molecular weight excluding hydrogens is 238 g/mol. The minimum Gasteiger partial charge on any atom is -0.497 e. The van der Waals surface area contributed by atoms with Gasteiger partial charge in [0, 0.05) is 24.7 Å². The fraction of sp³-hybridized carbons (Fsp3) is 0.625. The highest BCUT2D eigenvalue weighted by atomic mass is 16.5. The zero-order valence-corrected chi connectivity index (χ0v) is 12.0. The molecule has 0 bridgehead atoms. The van der Waals surface area contributed by atoms with Gasteiger partial charge in [-0.3, -0.25) is 0 Å². The highest BCUT2D eigenvalue weighted by Crippen LogP contribution is 2.40. The van der Waals surface area contributed by atoms with Gasteiger partial charge in [0.1, 0.15) is 5.75 Å². The second-order valence-electron chi connectivity index (χ2n) is 5.50. The molecule has 19 heavy (non-hydrogen) atoms. The molecule has 0 aromatic heterocycles. The first-order valence-corrected chi connectivity index (χ1v) is 7.18. The average Bonchev–Trinajstić information content (AvgIpc) is 2.48. The fourth-order valence-electron chi connectivity index (χ4n) is 2.97. The van der Waals surface area contributed by atoms with Crippen molar-refractivity contribution in [2.75, 3.05) is 20.3 Å². The Morgan fingerprint density at radius 2 is 2.11 bits per heavy atom. The normalized spacial score (nSPS) is 19.9. The van der Waals surface area contributed by atoms with Gasteiger partial charge in [0.2, 0.25) is 0 Å². The lowest BCUT2D eigenvalue weighted by Gasteiger charge is -2.39. The van der Waals surface area contributed by atoms with E-state index >= 15 is 0 Å². The number of ether oxygens (including phenoxy) is 2. The van der Waals surface area contributed by atoms with Gasteiger partial charge >= 0.3 is 0 Å². The largest absolute Gasteiger partial charge is 0.497 e. The van der Waals surface area contributed by atoms with Gasteiger partial charge in [-0.05, 0) is 43.4 Å². The van der Waals surface area contributed by atoms with Gasteiger partial charge in [-0.2, -0.15) is 0 Å². The summed E-state index contributed by atoms with van der Waals surface area (Å²) in [4.78, 5) is 0. The average molecular weight is 263 g/mol. The van der Waals surface area contributed by atoms with E-state index in [2.05, 4.69) is 25.1 Å². The molecule has 1 aliphatic rings. The van der Waals surface area contributed by atoms with Crippen LogP contribution in [0.4, 0.5) is 0 Å². The second-order valence-corrected chi connectivity index (χ2v) is 5.50. The highest BCUT2D eigenvalue weighted by molar-refractivity contribution is 5.34. The van der Waals surface area contributed by atoms with Crippen LogP contribution >= 0.6 is 0 Å². The predicted octanol–water partition coefficient (Wildman–Crippen LogP) is 2.87. The fourth-order valence-corrected chi connectivity index (χ4v) is 2.97. The third-order valence-corrected chi connectivity index (χ3v) is 4.31. The lowest BCUT2D eigenvalue weighted by atomic mass is 9.70. The molecule has 3 heteroatoms. The molecule has 1 aliphatic heterocycles. The Labute approximate surface area is 116 Å². The summed E-state index contributed by atoms with van der Waals surface area (Å²) in [5.74, 6) is 0.924. The summed E-state index contributed by atoms with van der Waals surface area (Å²) in [6.07, 6.45) is 4.15.